The molecule has 6 rings (SSSR count). The molecule has 0 unspecified atom stereocenters. The topological polar surface area (TPSA) is 103 Å². The van der Waals surface area contributed by atoms with Crippen LogP contribution >= 0.6 is 11.6 Å². The summed E-state index contributed by atoms with van der Waals surface area (Å²) in [6, 6.07) is 4.32. The molecule has 1 fully saturated rings. The van der Waals surface area contributed by atoms with Crippen molar-refractivity contribution in [3.05, 3.63) is 76.0 Å². The number of aromatic nitrogens is 4. The number of nitrogens with zero attached hydrogens (tertiary/aromatic N) is 6. The Balaban J connectivity index is 1.74. The van der Waals surface area contributed by atoms with E-state index < -0.39 is 28.7 Å². The predicted octanol–water partition coefficient (Wildman–Crippen LogP) is 2.16. The minimum atomic E-state index is -1.21. The van der Waals surface area contributed by atoms with E-state index in [2.05, 4.69) is 16.5 Å². The van der Waals surface area contributed by atoms with Crippen LogP contribution in [0.5, 0.6) is 11.5 Å². The molecule has 2 aliphatic heterocycles. The number of ether oxygens (including phenoxy) is 2. The van der Waals surface area contributed by atoms with Gasteiger partial charge in [-0.3, -0.25) is 9.78 Å². The maximum absolute atomic E-state index is 15.9. The van der Waals surface area contributed by atoms with E-state index in [1.54, 1.807) is 46.8 Å². The molecular weight excluding hydrogens is 638 g/mol. The number of fused-ring (bicyclic) bond motifs is 5. The number of anilines is 1. The lowest BCUT2D eigenvalue weighted by molar-refractivity contribution is -0.128. The van der Waals surface area contributed by atoms with Crippen LogP contribution in [0.15, 0.2) is 47.9 Å². The Morgan fingerprint density at radius 1 is 1.15 bits per heavy atom. The number of carbonyl (C=O) groups excluding carboxylic acids is 1. The maximum atomic E-state index is 15.9. The fourth-order valence-electron chi connectivity index (χ4n) is 6.28. The molecule has 10 nitrogen and oxygen atoms in total. The van der Waals surface area contributed by atoms with E-state index >= 15 is 4.39 Å². The van der Waals surface area contributed by atoms with Crippen LogP contribution < -0.4 is 20.1 Å². The van der Waals surface area contributed by atoms with Gasteiger partial charge in [-0.15, -0.1) is 0 Å². The van der Waals surface area contributed by atoms with Gasteiger partial charge in [-0.1, -0.05) is 32.0 Å². The van der Waals surface area contributed by atoms with Gasteiger partial charge in [0.15, 0.2) is 40.8 Å². The van der Waals surface area contributed by atoms with E-state index in [-0.39, 0.29) is 57.4 Å². The van der Waals surface area contributed by atoms with Crippen molar-refractivity contribution in [1.29, 1.82) is 0 Å². The van der Waals surface area contributed by atoms with Crippen molar-refractivity contribution in [1.82, 2.24) is 24.4 Å². The number of hydrogen-bond donors (Lipinski definition) is 0. The molecular formula is C32H34B3ClF2N6O4. The highest BCUT2D eigenvalue weighted by molar-refractivity contribution is 6.43. The van der Waals surface area contributed by atoms with Gasteiger partial charge in [-0.2, -0.15) is 4.98 Å². The summed E-state index contributed by atoms with van der Waals surface area (Å²) in [7, 11) is 5.30. The third-order valence-electron chi connectivity index (χ3n) is 9.15. The number of halogens is 3. The van der Waals surface area contributed by atoms with Crippen LogP contribution in [0, 0.1) is 11.6 Å². The van der Waals surface area contributed by atoms with E-state index in [4.69, 9.17) is 26.1 Å². The lowest BCUT2D eigenvalue weighted by Gasteiger charge is -2.44. The summed E-state index contributed by atoms with van der Waals surface area (Å²) in [4.78, 5) is 44.7. The SMILES string of the molecule is B[C@@H]1Oc2ccnc(C(C)C)c2-n2c(=O)nc(N3C[C@@H](C)N(C(=O)C=C)C[C@@H]3C)c3cc(Cl)c(nc32)-c2c(ccc(F)c2F)OC1(B)B. The van der Waals surface area contributed by atoms with Crippen LogP contribution in [-0.2, 0) is 4.79 Å². The highest BCUT2D eigenvalue weighted by Gasteiger charge is 2.37. The second-order valence-electron chi connectivity index (χ2n) is 13.2. The molecule has 1 aromatic carbocycles. The molecule has 0 radical (unpaired) electrons. The summed E-state index contributed by atoms with van der Waals surface area (Å²) < 4.78 is 44.9. The Morgan fingerprint density at radius 2 is 1.88 bits per heavy atom. The highest BCUT2D eigenvalue weighted by atomic mass is 35.5. The van der Waals surface area contributed by atoms with E-state index in [1.807, 2.05) is 32.6 Å². The molecule has 3 aromatic heterocycles. The molecule has 3 atom stereocenters. The molecule has 0 aliphatic carbocycles. The zero-order valence-electron chi connectivity index (χ0n) is 27.8. The van der Waals surface area contributed by atoms with Gasteiger partial charge in [-0.25, -0.2) is 23.1 Å². The summed E-state index contributed by atoms with van der Waals surface area (Å²) in [5, 5.41) is -0.730. The van der Waals surface area contributed by atoms with Crippen molar-refractivity contribution < 1.29 is 23.0 Å². The molecule has 246 valence electrons. The van der Waals surface area contributed by atoms with Gasteiger partial charge in [0.25, 0.3) is 0 Å². The van der Waals surface area contributed by atoms with E-state index in [1.165, 1.54) is 16.7 Å². The number of carbonyl (C=O) groups is 1. The molecule has 0 N–H and O–H groups in total. The fraction of sp³-hybridized carbons (Fsp3) is 0.344. The molecule has 2 bridgehead atoms. The fourth-order valence-corrected chi connectivity index (χ4v) is 6.52. The molecule has 2 aliphatic rings. The largest absolute Gasteiger partial charge is 0.502 e. The second kappa shape index (κ2) is 12.3. The Hall–Kier alpha value is -4.39. The molecule has 1 saturated heterocycles. The number of piperazine rings is 1. The molecule has 0 spiro atoms. The van der Waals surface area contributed by atoms with Gasteiger partial charge in [-0.05, 0) is 44.0 Å². The first-order valence-corrected chi connectivity index (χ1v) is 16.2. The van der Waals surface area contributed by atoms with E-state index in [0.717, 1.165) is 6.07 Å². The van der Waals surface area contributed by atoms with Gasteiger partial charge in [0.05, 0.1) is 38.8 Å². The van der Waals surface area contributed by atoms with Gasteiger partial charge >= 0.3 is 5.69 Å². The average Bonchev–Trinajstić information content (AvgIpc) is 3.03. The van der Waals surface area contributed by atoms with Crippen LogP contribution in [0.2, 0.25) is 5.02 Å². The lowest BCUT2D eigenvalue weighted by atomic mass is 9.56. The lowest BCUT2D eigenvalue weighted by Crippen LogP contribution is -2.58. The van der Waals surface area contributed by atoms with Gasteiger partial charge < -0.3 is 19.3 Å². The third-order valence-corrected chi connectivity index (χ3v) is 9.44. The molecule has 48 heavy (non-hydrogen) atoms. The van der Waals surface area contributed by atoms with Crippen molar-refractivity contribution in [3.8, 4) is 28.4 Å². The summed E-state index contributed by atoms with van der Waals surface area (Å²) in [6.07, 6.45) is 2.88. The summed E-state index contributed by atoms with van der Waals surface area (Å²) in [5.41, 5.74) is -0.186. The first kappa shape index (κ1) is 33.5. The maximum Gasteiger partial charge on any atom is 0.356 e. The van der Waals surface area contributed by atoms with Crippen LogP contribution in [0.3, 0.4) is 0 Å². The van der Waals surface area contributed by atoms with Crippen molar-refractivity contribution in [2.45, 2.75) is 57.1 Å². The van der Waals surface area contributed by atoms with Crippen LogP contribution in [0.1, 0.15) is 39.3 Å². The highest BCUT2D eigenvalue weighted by Crippen LogP contribution is 2.42. The van der Waals surface area contributed by atoms with Crippen molar-refractivity contribution in [3.63, 3.8) is 0 Å². The Kier molecular flexibility index (Phi) is 8.55. The van der Waals surface area contributed by atoms with Crippen LogP contribution in [0.4, 0.5) is 14.6 Å². The number of benzene rings is 1. The summed E-state index contributed by atoms with van der Waals surface area (Å²) in [5.74, 6) is -2.09. The Morgan fingerprint density at radius 3 is 2.56 bits per heavy atom. The zero-order chi connectivity index (χ0) is 34.8. The quantitative estimate of drug-likeness (QED) is 0.241. The molecule has 5 heterocycles. The first-order chi connectivity index (χ1) is 22.6. The van der Waals surface area contributed by atoms with E-state index in [0.29, 0.717) is 35.6 Å². The van der Waals surface area contributed by atoms with E-state index in [9.17, 15) is 14.0 Å². The molecule has 0 saturated carbocycles. The predicted molar refractivity (Wildman–Crippen MR) is 189 cm³/mol. The minimum Gasteiger partial charge on any atom is -0.502 e. The van der Waals surface area contributed by atoms with Gasteiger partial charge in [0, 0.05) is 37.4 Å². The summed E-state index contributed by atoms with van der Waals surface area (Å²) >= 11 is 6.92. The smallest absolute Gasteiger partial charge is 0.356 e. The third kappa shape index (κ3) is 5.51. The van der Waals surface area contributed by atoms with Crippen molar-refractivity contribution in [2.24, 2.45) is 0 Å². The standard InChI is InChI=1S/C32H34B3ClF2N6O4/c1-6-22(45)42-12-16(5)43(13-15(42)4)28-17-11-18(36)26-23-20(8-7-19(37)24(23)38)48-32(34,35)30(33)47-21-9-10-39-25(14(2)3)27(21)44(29(17)40-26)31(46)41-28/h6-11,14-16,30H,1,12-13,33-35H2,2-5H3/t15-,16+,30-/m1/s1. The van der Waals surface area contributed by atoms with Crippen molar-refractivity contribution >= 4 is 57.9 Å². The number of hydrogen-bond acceptors (Lipinski definition) is 8. The number of amides is 1. The van der Waals surface area contributed by atoms with Gasteiger partial charge in [0.2, 0.25) is 5.91 Å². The van der Waals surface area contributed by atoms with Crippen LogP contribution in [-0.4, -0.2) is 90.4 Å². The van der Waals surface area contributed by atoms with Crippen LogP contribution in [0.25, 0.3) is 28.0 Å². The summed E-state index contributed by atoms with van der Waals surface area (Å²) in [6.45, 7) is 12.0. The minimum absolute atomic E-state index is 0.00451. The Bertz CT molecular complexity index is 2050. The van der Waals surface area contributed by atoms with Crippen molar-refractivity contribution in [2.75, 3.05) is 18.0 Å². The second-order valence-corrected chi connectivity index (χ2v) is 13.6. The average molecular weight is 673 g/mol. The molecule has 16 heteroatoms. The normalized spacial score (nSPS) is 20.3. The molecule has 1 amide bonds. The van der Waals surface area contributed by atoms with Gasteiger partial charge in [0.1, 0.15) is 23.0 Å². The Labute approximate surface area is 284 Å². The molecule has 4 aromatic rings. The first-order valence-electron chi connectivity index (χ1n) is 15.8. The number of rotatable bonds is 3. The number of pyridine rings is 2. The monoisotopic (exact) mass is 672 g/mol. The zero-order valence-corrected chi connectivity index (χ0v) is 28.6.